The van der Waals surface area contributed by atoms with E-state index in [1.807, 2.05) is 0 Å². The number of rotatable bonds is 4. The van der Waals surface area contributed by atoms with Crippen LogP contribution in [-0.4, -0.2) is 11.0 Å². The van der Waals surface area contributed by atoms with Gasteiger partial charge in [0.15, 0.2) is 0 Å². The summed E-state index contributed by atoms with van der Waals surface area (Å²) in [6.45, 7) is 1.64. The number of carbonyl (C=O) groups is 1. The van der Waals surface area contributed by atoms with E-state index in [0.717, 1.165) is 5.56 Å². The lowest BCUT2D eigenvalue weighted by Crippen LogP contribution is -2.10. The topological polar surface area (TPSA) is 49.3 Å². The zero-order valence-electron chi connectivity index (χ0n) is 11.6. The SMILES string of the molecule is CC(O)c1ccccc1NC(=O)/C=C/c1ccc(F)cc1. The molecule has 2 aromatic carbocycles. The van der Waals surface area contributed by atoms with Crippen LogP contribution in [0.4, 0.5) is 10.1 Å². The lowest BCUT2D eigenvalue weighted by Gasteiger charge is -2.11. The van der Waals surface area contributed by atoms with Gasteiger partial charge in [0.1, 0.15) is 5.82 Å². The molecule has 1 amide bonds. The first-order valence-electron chi connectivity index (χ1n) is 6.58. The van der Waals surface area contributed by atoms with Crippen LogP contribution in [0.2, 0.25) is 0 Å². The molecule has 0 aliphatic heterocycles. The second kappa shape index (κ2) is 6.81. The number of anilines is 1. The van der Waals surface area contributed by atoms with Crippen LogP contribution in [0.1, 0.15) is 24.2 Å². The Hall–Kier alpha value is -2.46. The first-order valence-corrected chi connectivity index (χ1v) is 6.58. The Morgan fingerprint density at radius 2 is 1.86 bits per heavy atom. The molecule has 2 aromatic rings. The molecular weight excluding hydrogens is 269 g/mol. The summed E-state index contributed by atoms with van der Waals surface area (Å²) in [4.78, 5) is 11.9. The van der Waals surface area contributed by atoms with Gasteiger partial charge in [0.05, 0.1) is 6.10 Å². The molecule has 1 unspecified atom stereocenters. The van der Waals surface area contributed by atoms with Gasteiger partial charge in [0, 0.05) is 17.3 Å². The molecule has 2 rings (SSSR count). The summed E-state index contributed by atoms with van der Waals surface area (Å²) in [6.07, 6.45) is 2.30. The first kappa shape index (κ1) is 14.9. The van der Waals surface area contributed by atoms with Gasteiger partial charge < -0.3 is 10.4 Å². The van der Waals surface area contributed by atoms with E-state index in [4.69, 9.17) is 0 Å². The number of aliphatic hydroxyl groups is 1. The number of benzene rings is 2. The van der Waals surface area contributed by atoms with Crippen molar-refractivity contribution >= 4 is 17.7 Å². The van der Waals surface area contributed by atoms with E-state index >= 15 is 0 Å². The number of nitrogens with one attached hydrogen (secondary N) is 1. The fourth-order valence-electron chi connectivity index (χ4n) is 1.90. The van der Waals surface area contributed by atoms with Crippen molar-refractivity contribution in [2.75, 3.05) is 5.32 Å². The van der Waals surface area contributed by atoms with Crippen molar-refractivity contribution in [2.45, 2.75) is 13.0 Å². The quantitative estimate of drug-likeness (QED) is 0.844. The molecule has 0 heterocycles. The molecule has 0 spiro atoms. The average Bonchev–Trinajstić information content (AvgIpc) is 2.47. The van der Waals surface area contributed by atoms with Crippen molar-refractivity contribution < 1.29 is 14.3 Å². The van der Waals surface area contributed by atoms with Crippen molar-refractivity contribution in [3.05, 3.63) is 71.6 Å². The highest BCUT2D eigenvalue weighted by atomic mass is 19.1. The van der Waals surface area contributed by atoms with E-state index in [2.05, 4.69) is 5.32 Å². The number of amides is 1. The van der Waals surface area contributed by atoms with Gasteiger partial charge in [0.25, 0.3) is 0 Å². The molecule has 2 N–H and O–H groups in total. The normalized spacial score (nSPS) is 12.3. The van der Waals surface area contributed by atoms with Crippen LogP contribution in [0.25, 0.3) is 6.08 Å². The molecule has 0 aromatic heterocycles. The Morgan fingerprint density at radius 1 is 1.19 bits per heavy atom. The molecule has 0 fully saturated rings. The molecule has 0 saturated carbocycles. The van der Waals surface area contributed by atoms with Crippen LogP contribution < -0.4 is 5.32 Å². The van der Waals surface area contributed by atoms with Gasteiger partial charge in [-0.15, -0.1) is 0 Å². The monoisotopic (exact) mass is 285 g/mol. The maximum Gasteiger partial charge on any atom is 0.248 e. The summed E-state index contributed by atoms with van der Waals surface area (Å²) in [6, 6.07) is 12.9. The van der Waals surface area contributed by atoms with Crippen molar-refractivity contribution in [1.82, 2.24) is 0 Å². The van der Waals surface area contributed by atoms with E-state index in [1.54, 1.807) is 49.4 Å². The molecule has 0 aliphatic carbocycles. The van der Waals surface area contributed by atoms with Gasteiger partial charge in [-0.3, -0.25) is 4.79 Å². The van der Waals surface area contributed by atoms with Gasteiger partial charge in [-0.25, -0.2) is 4.39 Å². The fourth-order valence-corrected chi connectivity index (χ4v) is 1.90. The van der Waals surface area contributed by atoms with Gasteiger partial charge in [0.2, 0.25) is 5.91 Å². The Kier molecular flexibility index (Phi) is 4.85. The molecule has 0 radical (unpaired) electrons. The minimum absolute atomic E-state index is 0.313. The third-order valence-corrected chi connectivity index (χ3v) is 2.97. The lowest BCUT2D eigenvalue weighted by molar-refractivity contribution is -0.111. The van der Waals surface area contributed by atoms with E-state index in [-0.39, 0.29) is 11.7 Å². The standard InChI is InChI=1S/C17H16FNO2/c1-12(20)15-4-2-3-5-16(15)19-17(21)11-8-13-6-9-14(18)10-7-13/h2-12,20H,1H3,(H,19,21)/b11-8+. The van der Waals surface area contributed by atoms with Crippen molar-refractivity contribution in [3.63, 3.8) is 0 Å². The molecular formula is C17H16FNO2. The van der Waals surface area contributed by atoms with Gasteiger partial charge >= 0.3 is 0 Å². The number of halogens is 1. The smallest absolute Gasteiger partial charge is 0.248 e. The summed E-state index contributed by atoms with van der Waals surface area (Å²) in [5.74, 6) is -0.630. The molecule has 0 bridgehead atoms. The minimum Gasteiger partial charge on any atom is -0.389 e. The minimum atomic E-state index is -0.664. The maximum atomic E-state index is 12.8. The highest BCUT2D eigenvalue weighted by Gasteiger charge is 2.08. The Balaban J connectivity index is 2.07. The molecule has 4 heteroatoms. The van der Waals surface area contributed by atoms with E-state index < -0.39 is 6.10 Å². The molecule has 1 atom stereocenters. The van der Waals surface area contributed by atoms with Crippen molar-refractivity contribution in [3.8, 4) is 0 Å². The summed E-state index contributed by atoms with van der Waals surface area (Å²) in [5.41, 5.74) is 1.96. The Bertz CT molecular complexity index is 648. The highest BCUT2D eigenvalue weighted by molar-refractivity contribution is 6.02. The first-order chi connectivity index (χ1) is 10.1. The van der Waals surface area contributed by atoms with E-state index in [1.165, 1.54) is 18.2 Å². The average molecular weight is 285 g/mol. The van der Waals surface area contributed by atoms with Crippen LogP contribution in [0.5, 0.6) is 0 Å². The van der Waals surface area contributed by atoms with Gasteiger partial charge in [-0.2, -0.15) is 0 Å². The zero-order valence-corrected chi connectivity index (χ0v) is 11.6. The van der Waals surface area contributed by atoms with Gasteiger partial charge in [-0.05, 0) is 36.8 Å². The molecule has 21 heavy (non-hydrogen) atoms. The summed E-state index contributed by atoms with van der Waals surface area (Å²) in [7, 11) is 0. The maximum absolute atomic E-state index is 12.8. The van der Waals surface area contributed by atoms with E-state index in [9.17, 15) is 14.3 Å². The van der Waals surface area contributed by atoms with Gasteiger partial charge in [-0.1, -0.05) is 30.3 Å². The molecule has 3 nitrogen and oxygen atoms in total. The second-order valence-corrected chi connectivity index (χ2v) is 4.64. The summed E-state index contributed by atoms with van der Waals surface area (Å²) in [5, 5.41) is 12.4. The third-order valence-electron chi connectivity index (χ3n) is 2.97. The second-order valence-electron chi connectivity index (χ2n) is 4.64. The zero-order chi connectivity index (χ0) is 15.2. The predicted octanol–water partition coefficient (Wildman–Crippen LogP) is 3.53. The number of hydrogen-bond donors (Lipinski definition) is 2. The number of para-hydroxylation sites is 1. The lowest BCUT2D eigenvalue weighted by atomic mass is 10.1. The summed E-state index contributed by atoms with van der Waals surface area (Å²) >= 11 is 0. The van der Waals surface area contributed by atoms with Crippen LogP contribution in [-0.2, 0) is 4.79 Å². The molecule has 108 valence electrons. The Morgan fingerprint density at radius 3 is 2.52 bits per heavy atom. The van der Waals surface area contributed by atoms with Crippen LogP contribution in [0, 0.1) is 5.82 Å². The van der Waals surface area contributed by atoms with Crippen LogP contribution in [0.3, 0.4) is 0 Å². The number of hydrogen-bond acceptors (Lipinski definition) is 2. The van der Waals surface area contributed by atoms with Crippen molar-refractivity contribution in [1.29, 1.82) is 0 Å². The fraction of sp³-hybridized carbons (Fsp3) is 0.118. The molecule has 0 saturated heterocycles. The Labute approximate surface area is 122 Å². The molecule has 0 aliphatic rings. The predicted molar refractivity (Wildman–Crippen MR) is 81.1 cm³/mol. The number of aliphatic hydroxyl groups excluding tert-OH is 1. The number of carbonyl (C=O) groups excluding carboxylic acids is 1. The highest BCUT2D eigenvalue weighted by Crippen LogP contribution is 2.22. The van der Waals surface area contributed by atoms with E-state index in [0.29, 0.717) is 11.3 Å². The largest absolute Gasteiger partial charge is 0.389 e. The third kappa shape index (κ3) is 4.26. The van der Waals surface area contributed by atoms with Crippen LogP contribution in [0.15, 0.2) is 54.6 Å². The van der Waals surface area contributed by atoms with Crippen molar-refractivity contribution in [2.24, 2.45) is 0 Å². The summed E-state index contributed by atoms with van der Waals surface area (Å²) < 4.78 is 12.8. The van der Waals surface area contributed by atoms with Crippen LogP contribution >= 0.6 is 0 Å².